The molecule has 4 rings (SSSR count). The smallest absolute Gasteiger partial charge is 0.326 e. The van der Waals surface area contributed by atoms with E-state index in [9.17, 15) is 9.59 Å². The lowest BCUT2D eigenvalue weighted by atomic mass is 9.97. The van der Waals surface area contributed by atoms with Gasteiger partial charge in [-0.3, -0.25) is 9.20 Å². The number of benzene rings is 1. The predicted molar refractivity (Wildman–Crippen MR) is 99.2 cm³/mol. The number of piperidine rings is 1. The summed E-state index contributed by atoms with van der Waals surface area (Å²) in [6, 6.07) is 13.0. The average molecular weight is 351 g/mol. The van der Waals surface area contributed by atoms with Crippen molar-refractivity contribution in [1.29, 1.82) is 0 Å². The fourth-order valence-corrected chi connectivity index (χ4v) is 3.32. The number of carbonyl (C=O) groups is 1. The van der Waals surface area contributed by atoms with Crippen molar-refractivity contribution in [3.8, 4) is 0 Å². The Morgan fingerprint density at radius 2 is 2.04 bits per heavy atom. The molecule has 2 aromatic heterocycles. The fraction of sp³-hybridized carbons (Fsp3) is 0.316. The molecule has 7 nitrogen and oxygen atoms in total. The molecule has 1 aliphatic rings. The second kappa shape index (κ2) is 7.13. The zero-order valence-corrected chi connectivity index (χ0v) is 14.4. The zero-order chi connectivity index (χ0) is 17.9. The third-order valence-corrected chi connectivity index (χ3v) is 4.73. The molecule has 0 bridgehead atoms. The highest BCUT2D eigenvalue weighted by Crippen LogP contribution is 2.17. The van der Waals surface area contributed by atoms with E-state index in [2.05, 4.69) is 15.7 Å². The second-order valence-electron chi connectivity index (χ2n) is 6.58. The van der Waals surface area contributed by atoms with Gasteiger partial charge in [0.2, 0.25) is 5.91 Å². The van der Waals surface area contributed by atoms with Gasteiger partial charge in [-0.05, 0) is 55.8 Å². The summed E-state index contributed by atoms with van der Waals surface area (Å²) in [5.74, 6) is 0.120. The summed E-state index contributed by atoms with van der Waals surface area (Å²) >= 11 is 0. The molecule has 0 aliphatic carbocycles. The van der Waals surface area contributed by atoms with Crippen LogP contribution >= 0.6 is 0 Å². The van der Waals surface area contributed by atoms with Crippen LogP contribution in [0.15, 0.2) is 53.5 Å². The highest BCUT2D eigenvalue weighted by atomic mass is 16.2. The maximum Gasteiger partial charge on any atom is 0.350 e. The Morgan fingerprint density at radius 1 is 1.19 bits per heavy atom. The van der Waals surface area contributed by atoms with Crippen LogP contribution in [-0.4, -0.2) is 33.2 Å². The summed E-state index contributed by atoms with van der Waals surface area (Å²) in [7, 11) is 0. The highest BCUT2D eigenvalue weighted by Gasteiger charge is 2.20. The lowest BCUT2D eigenvalue weighted by molar-refractivity contribution is -0.120. The van der Waals surface area contributed by atoms with Gasteiger partial charge in [-0.1, -0.05) is 18.2 Å². The van der Waals surface area contributed by atoms with Gasteiger partial charge in [0.15, 0.2) is 5.65 Å². The van der Waals surface area contributed by atoms with Gasteiger partial charge in [0.1, 0.15) is 0 Å². The minimum atomic E-state index is -0.176. The maximum atomic E-state index is 12.4. The molecular formula is C19H21N5O2. The Kier molecular flexibility index (Phi) is 4.53. The Hall–Kier alpha value is -2.93. The summed E-state index contributed by atoms with van der Waals surface area (Å²) in [5, 5.41) is 10.6. The van der Waals surface area contributed by atoms with Crippen molar-refractivity contribution in [2.45, 2.75) is 19.4 Å². The van der Waals surface area contributed by atoms with Crippen LogP contribution in [0.2, 0.25) is 0 Å². The number of hydrogen-bond donors (Lipinski definition) is 2. The van der Waals surface area contributed by atoms with Gasteiger partial charge in [0.05, 0.1) is 6.54 Å². The number of hydrogen-bond acceptors (Lipinski definition) is 4. The molecule has 0 saturated carbocycles. The Bertz CT molecular complexity index is 985. The first-order chi connectivity index (χ1) is 12.7. The second-order valence-corrected chi connectivity index (χ2v) is 6.58. The van der Waals surface area contributed by atoms with Gasteiger partial charge in [-0.25, -0.2) is 9.48 Å². The van der Waals surface area contributed by atoms with Crippen LogP contribution < -0.4 is 16.3 Å². The summed E-state index contributed by atoms with van der Waals surface area (Å²) in [5.41, 5.74) is 2.11. The molecule has 1 amide bonds. The molecule has 1 saturated heterocycles. The summed E-state index contributed by atoms with van der Waals surface area (Å²) in [6.07, 6.45) is 3.43. The molecule has 7 heteroatoms. The SMILES string of the molecule is O=C(Nc1cccc(Cn2nc3ccccn3c2=O)c1)C1CCNCC1. The molecule has 3 heterocycles. The first kappa shape index (κ1) is 16.5. The Morgan fingerprint density at radius 3 is 2.85 bits per heavy atom. The van der Waals surface area contributed by atoms with E-state index in [-0.39, 0.29) is 17.5 Å². The molecular weight excluding hydrogens is 330 g/mol. The number of fused-ring (bicyclic) bond motifs is 1. The third kappa shape index (κ3) is 3.39. The first-order valence-electron chi connectivity index (χ1n) is 8.85. The average Bonchev–Trinajstić information content (AvgIpc) is 2.99. The van der Waals surface area contributed by atoms with E-state index in [0.29, 0.717) is 12.2 Å². The van der Waals surface area contributed by atoms with Crippen LogP contribution in [0.25, 0.3) is 5.65 Å². The lowest BCUT2D eigenvalue weighted by Gasteiger charge is -2.21. The maximum absolute atomic E-state index is 12.4. The normalized spacial score (nSPS) is 15.2. The van der Waals surface area contributed by atoms with E-state index in [1.165, 1.54) is 9.08 Å². The van der Waals surface area contributed by atoms with Crippen molar-refractivity contribution in [3.05, 3.63) is 64.7 Å². The number of carbonyl (C=O) groups excluding carboxylic acids is 1. The van der Waals surface area contributed by atoms with Crippen molar-refractivity contribution in [2.24, 2.45) is 5.92 Å². The molecule has 1 fully saturated rings. The van der Waals surface area contributed by atoms with Crippen molar-refractivity contribution in [2.75, 3.05) is 18.4 Å². The Labute approximate surface area is 150 Å². The standard InChI is InChI=1S/C19H21N5O2/c25-18(15-7-9-20-10-8-15)21-16-5-3-4-14(12-16)13-24-19(26)23-11-2-1-6-17(23)22-24/h1-6,11-12,15,20H,7-10,13H2,(H,21,25). The lowest BCUT2D eigenvalue weighted by Crippen LogP contribution is -2.34. The fourth-order valence-electron chi connectivity index (χ4n) is 3.32. The van der Waals surface area contributed by atoms with Crippen molar-refractivity contribution in [1.82, 2.24) is 19.5 Å². The monoisotopic (exact) mass is 351 g/mol. The molecule has 0 atom stereocenters. The molecule has 0 unspecified atom stereocenters. The number of nitrogens with zero attached hydrogens (tertiary/aromatic N) is 3. The quantitative estimate of drug-likeness (QED) is 0.746. The molecule has 134 valence electrons. The van der Waals surface area contributed by atoms with Crippen LogP contribution in [0.3, 0.4) is 0 Å². The van der Waals surface area contributed by atoms with E-state index in [0.717, 1.165) is 37.2 Å². The van der Waals surface area contributed by atoms with E-state index in [1.54, 1.807) is 18.3 Å². The predicted octanol–water partition coefficient (Wildman–Crippen LogP) is 1.48. The molecule has 0 spiro atoms. The molecule has 1 aromatic carbocycles. The van der Waals surface area contributed by atoms with Crippen molar-refractivity contribution < 1.29 is 4.79 Å². The molecule has 2 N–H and O–H groups in total. The number of anilines is 1. The van der Waals surface area contributed by atoms with Crippen LogP contribution in [0.4, 0.5) is 5.69 Å². The zero-order valence-electron chi connectivity index (χ0n) is 14.4. The minimum absolute atomic E-state index is 0.0564. The topological polar surface area (TPSA) is 80.4 Å². The number of rotatable bonds is 4. The third-order valence-electron chi connectivity index (χ3n) is 4.73. The van der Waals surface area contributed by atoms with E-state index >= 15 is 0 Å². The largest absolute Gasteiger partial charge is 0.350 e. The molecule has 1 aliphatic heterocycles. The van der Waals surface area contributed by atoms with Crippen LogP contribution in [0, 0.1) is 5.92 Å². The van der Waals surface area contributed by atoms with Gasteiger partial charge in [-0.15, -0.1) is 5.10 Å². The van der Waals surface area contributed by atoms with E-state index in [1.807, 2.05) is 30.3 Å². The first-order valence-corrected chi connectivity index (χ1v) is 8.85. The number of pyridine rings is 1. The van der Waals surface area contributed by atoms with E-state index in [4.69, 9.17) is 0 Å². The van der Waals surface area contributed by atoms with Gasteiger partial charge in [0, 0.05) is 17.8 Å². The van der Waals surface area contributed by atoms with Gasteiger partial charge >= 0.3 is 5.69 Å². The molecule has 3 aromatic rings. The summed E-state index contributed by atoms with van der Waals surface area (Å²) < 4.78 is 2.95. The van der Waals surface area contributed by atoms with Gasteiger partial charge in [-0.2, -0.15) is 0 Å². The number of aromatic nitrogens is 3. The van der Waals surface area contributed by atoms with Crippen LogP contribution in [-0.2, 0) is 11.3 Å². The summed E-state index contributed by atoms with van der Waals surface area (Å²) in [6.45, 7) is 2.13. The minimum Gasteiger partial charge on any atom is -0.326 e. The number of nitrogens with one attached hydrogen (secondary N) is 2. The van der Waals surface area contributed by atoms with Gasteiger partial charge < -0.3 is 10.6 Å². The molecule has 26 heavy (non-hydrogen) atoms. The van der Waals surface area contributed by atoms with Crippen molar-refractivity contribution >= 4 is 17.2 Å². The van der Waals surface area contributed by atoms with Crippen LogP contribution in [0.5, 0.6) is 0 Å². The van der Waals surface area contributed by atoms with Crippen molar-refractivity contribution in [3.63, 3.8) is 0 Å². The highest BCUT2D eigenvalue weighted by molar-refractivity contribution is 5.92. The Balaban J connectivity index is 1.51. The summed E-state index contributed by atoms with van der Waals surface area (Å²) in [4.78, 5) is 24.8. The molecule has 0 radical (unpaired) electrons. The van der Waals surface area contributed by atoms with Crippen LogP contribution in [0.1, 0.15) is 18.4 Å². The van der Waals surface area contributed by atoms with Gasteiger partial charge in [0.25, 0.3) is 0 Å². The number of amides is 1. The van der Waals surface area contributed by atoms with E-state index < -0.39 is 0 Å².